The molecule has 0 unspecified atom stereocenters. The van der Waals surface area contributed by atoms with Crippen LogP contribution in [0, 0.1) is 5.92 Å². The lowest BCUT2D eigenvalue weighted by Gasteiger charge is -2.30. The van der Waals surface area contributed by atoms with Gasteiger partial charge in [-0.1, -0.05) is 42.3 Å². The second kappa shape index (κ2) is 7.82. The van der Waals surface area contributed by atoms with E-state index in [0.29, 0.717) is 27.6 Å². The smallest absolute Gasteiger partial charge is 0.264 e. The maximum Gasteiger partial charge on any atom is 0.264 e. The van der Waals surface area contributed by atoms with Crippen molar-refractivity contribution in [3.05, 3.63) is 44.2 Å². The summed E-state index contributed by atoms with van der Waals surface area (Å²) in [6.45, 7) is 3.90. The molecule has 1 aromatic heterocycles. The first-order valence-electron chi connectivity index (χ1n) is 8.26. The molecule has 2 heterocycles. The Morgan fingerprint density at radius 3 is 2.65 bits per heavy atom. The van der Waals surface area contributed by atoms with Gasteiger partial charge in [0.15, 0.2) is 0 Å². The van der Waals surface area contributed by atoms with Crippen LogP contribution in [0.25, 0.3) is 0 Å². The Hall–Kier alpha value is -1.83. The van der Waals surface area contributed by atoms with E-state index in [0.717, 1.165) is 25.9 Å². The number of anilines is 3. The quantitative estimate of drug-likeness (QED) is 0.667. The Morgan fingerprint density at radius 1 is 1.35 bits per heavy atom. The number of rotatable bonds is 3. The van der Waals surface area contributed by atoms with Gasteiger partial charge >= 0.3 is 0 Å². The molecular weight excluding hydrogens is 393 g/mol. The highest BCUT2D eigenvalue weighted by molar-refractivity contribution is 7.81. The van der Waals surface area contributed by atoms with Crippen molar-refractivity contribution in [2.24, 2.45) is 5.92 Å². The van der Waals surface area contributed by atoms with E-state index in [9.17, 15) is 4.79 Å². The summed E-state index contributed by atoms with van der Waals surface area (Å²) < 4.78 is 0. The summed E-state index contributed by atoms with van der Waals surface area (Å²) in [5.74, 6) is 1.26. The molecule has 6 nitrogen and oxygen atoms in total. The topological polar surface area (TPSA) is 87.0 Å². The van der Waals surface area contributed by atoms with Gasteiger partial charge in [0.1, 0.15) is 16.4 Å². The standard InChI is InChI=1S/C17H19Cl2N5OS/c1-9-4-6-24(7-5-9)17-22-14(20)13(15(25)23-17)16(26)21-10-2-3-11(18)12(19)8-10/h2-3,8-9H,4-7H2,1H3,(H,21,26)(H3,20,22,23,25). The molecule has 0 saturated carbocycles. The van der Waals surface area contributed by atoms with E-state index in [1.165, 1.54) is 0 Å². The molecule has 1 aromatic carbocycles. The lowest BCUT2D eigenvalue weighted by molar-refractivity contribution is 0.434. The molecule has 9 heteroatoms. The highest BCUT2D eigenvalue weighted by Gasteiger charge is 2.21. The molecule has 1 aliphatic heterocycles. The number of H-pyrrole nitrogens is 1. The van der Waals surface area contributed by atoms with Crippen LogP contribution in [0.5, 0.6) is 0 Å². The highest BCUT2D eigenvalue weighted by Crippen LogP contribution is 2.26. The molecule has 2 aromatic rings. The molecule has 1 aliphatic rings. The number of thiocarbonyl (C=S) groups is 1. The molecule has 0 amide bonds. The number of aromatic amines is 1. The third-order valence-electron chi connectivity index (χ3n) is 4.42. The summed E-state index contributed by atoms with van der Waals surface area (Å²) in [5, 5.41) is 3.76. The predicted molar refractivity (Wildman–Crippen MR) is 112 cm³/mol. The zero-order valence-corrected chi connectivity index (χ0v) is 16.5. The molecule has 3 rings (SSSR count). The zero-order chi connectivity index (χ0) is 18.8. The van der Waals surface area contributed by atoms with Crippen molar-refractivity contribution >= 4 is 57.9 Å². The molecule has 0 bridgehead atoms. The number of hydrogen-bond donors (Lipinski definition) is 3. The Labute approximate surface area is 166 Å². The van der Waals surface area contributed by atoms with Crippen molar-refractivity contribution in [1.29, 1.82) is 0 Å². The second-order valence-corrected chi connectivity index (χ2v) is 7.63. The van der Waals surface area contributed by atoms with Crippen molar-refractivity contribution in [3.8, 4) is 0 Å². The van der Waals surface area contributed by atoms with Gasteiger partial charge in [0.2, 0.25) is 5.95 Å². The molecule has 0 spiro atoms. The minimum atomic E-state index is -0.372. The minimum absolute atomic E-state index is 0.0972. The first kappa shape index (κ1) is 18.9. The number of nitrogen functional groups attached to an aromatic ring is 1. The lowest BCUT2D eigenvalue weighted by atomic mass is 10.00. The number of aromatic nitrogens is 2. The normalized spacial score (nSPS) is 15.1. The van der Waals surface area contributed by atoms with Crippen LogP contribution in [0.2, 0.25) is 10.0 Å². The van der Waals surface area contributed by atoms with Crippen molar-refractivity contribution in [3.63, 3.8) is 0 Å². The fourth-order valence-corrected chi connectivity index (χ4v) is 3.45. The first-order valence-corrected chi connectivity index (χ1v) is 9.42. The van der Waals surface area contributed by atoms with Gasteiger partial charge in [-0.2, -0.15) is 4.98 Å². The second-order valence-electron chi connectivity index (χ2n) is 6.40. The maximum absolute atomic E-state index is 12.5. The molecular formula is C17H19Cl2N5OS. The maximum atomic E-state index is 12.5. The first-order chi connectivity index (χ1) is 12.3. The van der Waals surface area contributed by atoms with Gasteiger partial charge in [-0.3, -0.25) is 9.78 Å². The third-order valence-corrected chi connectivity index (χ3v) is 5.47. The van der Waals surface area contributed by atoms with Crippen molar-refractivity contribution in [2.75, 3.05) is 29.0 Å². The number of benzene rings is 1. The van der Waals surface area contributed by atoms with Crippen LogP contribution < -0.4 is 21.5 Å². The minimum Gasteiger partial charge on any atom is -0.383 e. The molecule has 0 radical (unpaired) electrons. The van der Waals surface area contributed by atoms with Crippen molar-refractivity contribution in [1.82, 2.24) is 9.97 Å². The SMILES string of the molecule is CC1CCN(c2nc(N)c(C(=S)Nc3ccc(Cl)c(Cl)c3)c(=O)[nH]2)CC1. The van der Waals surface area contributed by atoms with Gasteiger partial charge in [0.05, 0.1) is 10.0 Å². The van der Waals surface area contributed by atoms with Crippen LogP contribution in [-0.2, 0) is 0 Å². The summed E-state index contributed by atoms with van der Waals surface area (Å²) in [5.41, 5.74) is 6.41. The summed E-state index contributed by atoms with van der Waals surface area (Å²) in [7, 11) is 0. The number of nitrogens with two attached hydrogens (primary N) is 1. The van der Waals surface area contributed by atoms with Gasteiger partial charge in [-0.15, -0.1) is 0 Å². The summed E-state index contributed by atoms with van der Waals surface area (Å²) >= 11 is 17.2. The van der Waals surface area contributed by atoms with E-state index in [1.54, 1.807) is 18.2 Å². The fourth-order valence-electron chi connectivity index (χ4n) is 2.84. The van der Waals surface area contributed by atoms with Gasteiger partial charge < -0.3 is 16.0 Å². The molecule has 4 N–H and O–H groups in total. The molecule has 1 saturated heterocycles. The molecule has 0 aliphatic carbocycles. The van der Waals surface area contributed by atoms with E-state index < -0.39 is 0 Å². The van der Waals surface area contributed by atoms with Gasteiger partial charge in [0, 0.05) is 18.8 Å². The summed E-state index contributed by atoms with van der Waals surface area (Å²) in [6, 6.07) is 4.97. The van der Waals surface area contributed by atoms with Gasteiger partial charge in [-0.05, 0) is 37.0 Å². The van der Waals surface area contributed by atoms with E-state index in [-0.39, 0.29) is 21.9 Å². The van der Waals surface area contributed by atoms with Crippen LogP contribution in [0.4, 0.5) is 17.5 Å². The average Bonchev–Trinajstić information content (AvgIpc) is 2.58. The van der Waals surface area contributed by atoms with Crippen LogP contribution in [-0.4, -0.2) is 28.0 Å². The summed E-state index contributed by atoms with van der Waals surface area (Å²) in [4.78, 5) is 21.9. The average molecular weight is 412 g/mol. The van der Waals surface area contributed by atoms with E-state index >= 15 is 0 Å². The highest BCUT2D eigenvalue weighted by atomic mass is 35.5. The third kappa shape index (κ3) is 4.11. The lowest BCUT2D eigenvalue weighted by Crippen LogP contribution is -2.36. The van der Waals surface area contributed by atoms with Crippen LogP contribution in [0.3, 0.4) is 0 Å². The van der Waals surface area contributed by atoms with Crippen LogP contribution >= 0.6 is 35.4 Å². The Morgan fingerprint density at radius 2 is 2.04 bits per heavy atom. The number of nitrogens with one attached hydrogen (secondary N) is 2. The molecule has 138 valence electrons. The Kier molecular flexibility index (Phi) is 5.70. The van der Waals surface area contributed by atoms with Gasteiger partial charge in [-0.25, -0.2) is 0 Å². The number of nitrogens with zero attached hydrogens (tertiary/aromatic N) is 2. The van der Waals surface area contributed by atoms with Crippen LogP contribution in [0.15, 0.2) is 23.0 Å². The van der Waals surface area contributed by atoms with E-state index in [1.807, 2.05) is 4.90 Å². The predicted octanol–water partition coefficient (Wildman–Crippen LogP) is 3.68. The number of piperidine rings is 1. The van der Waals surface area contributed by atoms with Crippen molar-refractivity contribution in [2.45, 2.75) is 19.8 Å². The molecule has 1 fully saturated rings. The summed E-state index contributed by atoms with van der Waals surface area (Å²) in [6.07, 6.45) is 2.12. The molecule has 0 atom stereocenters. The number of halogens is 2. The van der Waals surface area contributed by atoms with Gasteiger partial charge in [0.25, 0.3) is 5.56 Å². The van der Waals surface area contributed by atoms with E-state index in [2.05, 4.69) is 22.2 Å². The zero-order valence-electron chi connectivity index (χ0n) is 14.2. The van der Waals surface area contributed by atoms with Crippen molar-refractivity contribution < 1.29 is 0 Å². The van der Waals surface area contributed by atoms with E-state index in [4.69, 9.17) is 41.2 Å². The fraction of sp³-hybridized carbons (Fsp3) is 0.353. The number of hydrogen-bond acceptors (Lipinski definition) is 5. The Bertz CT molecular complexity index is 893. The van der Waals surface area contributed by atoms with Crippen LogP contribution in [0.1, 0.15) is 25.3 Å². The molecule has 26 heavy (non-hydrogen) atoms. The Balaban J connectivity index is 1.82. The largest absolute Gasteiger partial charge is 0.383 e. The monoisotopic (exact) mass is 411 g/mol.